The molecule has 0 rings (SSSR count). The van der Waals surface area contributed by atoms with E-state index in [2.05, 4.69) is 24.2 Å². The van der Waals surface area contributed by atoms with E-state index in [9.17, 15) is 9.59 Å². The fourth-order valence-electron chi connectivity index (χ4n) is 5.44. The fraction of sp³-hybridized carbons (Fsp3) is 0.900. The monoisotopic (exact) mass is 685 g/mol. The van der Waals surface area contributed by atoms with Crippen LogP contribution in [0.2, 0.25) is 0 Å². The Kier molecular flexibility index (Phi) is 47.0. The van der Waals surface area contributed by atoms with Crippen LogP contribution in [0.4, 0.5) is 0 Å². The van der Waals surface area contributed by atoms with Crippen molar-refractivity contribution >= 4 is 23.4 Å². The normalized spacial score (nSPS) is 11.4. The summed E-state index contributed by atoms with van der Waals surface area (Å²) in [5, 5.41) is 38.7. The summed E-state index contributed by atoms with van der Waals surface area (Å²) < 4.78 is 0. The number of nitrogens with zero attached hydrogens (tertiary/aromatic N) is 2. The number of carboxylic acids is 2. The first-order valence-corrected chi connectivity index (χ1v) is 20.1. The molecule has 0 aromatic heterocycles. The highest BCUT2D eigenvalue weighted by Crippen LogP contribution is 2.15. The Bertz CT molecular complexity index is 667. The third-order valence-corrected chi connectivity index (χ3v) is 8.81. The summed E-state index contributed by atoms with van der Waals surface area (Å²) in [5.74, 6) is -1.31. The molecule has 0 spiro atoms. The molecule has 0 heterocycles. The Morgan fingerprint density at radius 1 is 0.354 bits per heavy atom. The smallest absolute Gasteiger partial charge is 0.303 e. The summed E-state index contributed by atoms with van der Waals surface area (Å²) in [6.07, 6.45) is 40.4. The molecule has 0 aromatic carbocycles. The van der Waals surface area contributed by atoms with Crippen molar-refractivity contribution in [3.63, 3.8) is 0 Å². The highest BCUT2D eigenvalue weighted by Gasteiger charge is 1.99. The van der Waals surface area contributed by atoms with Gasteiger partial charge in [0.1, 0.15) is 11.4 Å². The third-order valence-electron chi connectivity index (χ3n) is 8.81. The van der Waals surface area contributed by atoms with Crippen LogP contribution in [-0.2, 0) is 9.59 Å². The van der Waals surface area contributed by atoms with Crippen molar-refractivity contribution in [2.24, 2.45) is 10.3 Å². The average Bonchev–Trinajstić information content (AvgIpc) is 3.07. The largest absolute Gasteiger partial charge is 0.481 e. The minimum atomic E-state index is -0.653. The zero-order valence-electron chi connectivity index (χ0n) is 32.1. The molecule has 8 nitrogen and oxygen atoms in total. The van der Waals surface area contributed by atoms with Gasteiger partial charge >= 0.3 is 11.9 Å². The molecule has 0 aromatic rings. The lowest BCUT2D eigenvalue weighted by molar-refractivity contribution is -0.138. The average molecular weight is 685 g/mol. The lowest BCUT2D eigenvalue weighted by Gasteiger charge is -2.03. The zero-order valence-corrected chi connectivity index (χ0v) is 32.1. The van der Waals surface area contributed by atoms with Gasteiger partial charge in [-0.3, -0.25) is 9.59 Å². The van der Waals surface area contributed by atoms with Crippen molar-refractivity contribution in [1.82, 2.24) is 0 Å². The van der Waals surface area contributed by atoms with Crippen LogP contribution >= 0.6 is 0 Å². The van der Waals surface area contributed by atoms with Gasteiger partial charge in [0.05, 0.1) is 0 Å². The summed E-state index contributed by atoms with van der Waals surface area (Å²) in [6.45, 7) is 7.61. The molecule has 0 saturated heterocycles. The van der Waals surface area contributed by atoms with Gasteiger partial charge in [0.25, 0.3) is 0 Å². The van der Waals surface area contributed by atoms with Crippen molar-refractivity contribution < 1.29 is 30.2 Å². The van der Waals surface area contributed by atoms with Gasteiger partial charge in [-0.25, -0.2) is 0 Å². The SMILES string of the molecule is CC(=NO)C(C)=NO.CCCCCCCCCCCCCCCCCC(=O)O.CCCCCCCCCCCCCCCCCC(=O)O. The van der Waals surface area contributed by atoms with Crippen molar-refractivity contribution in [3.05, 3.63) is 0 Å². The summed E-state index contributed by atoms with van der Waals surface area (Å²) in [6, 6.07) is 0. The lowest BCUT2D eigenvalue weighted by Crippen LogP contribution is -2.04. The second kappa shape index (κ2) is 44.9. The Morgan fingerprint density at radius 3 is 0.667 bits per heavy atom. The molecule has 48 heavy (non-hydrogen) atoms. The van der Waals surface area contributed by atoms with E-state index >= 15 is 0 Å². The maximum absolute atomic E-state index is 10.3. The molecule has 286 valence electrons. The van der Waals surface area contributed by atoms with Crippen LogP contribution in [-0.4, -0.2) is 44.0 Å². The van der Waals surface area contributed by atoms with Crippen molar-refractivity contribution in [3.8, 4) is 0 Å². The Labute approximate surface area is 296 Å². The van der Waals surface area contributed by atoms with E-state index in [0.717, 1.165) is 25.7 Å². The van der Waals surface area contributed by atoms with E-state index in [-0.39, 0.29) is 0 Å². The molecule has 0 aliphatic rings. The van der Waals surface area contributed by atoms with E-state index in [0.29, 0.717) is 24.3 Å². The molecular formula is C40H80N2O6. The lowest BCUT2D eigenvalue weighted by atomic mass is 10.0. The van der Waals surface area contributed by atoms with Gasteiger partial charge < -0.3 is 20.6 Å². The van der Waals surface area contributed by atoms with Crippen molar-refractivity contribution in [1.29, 1.82) is 0 Å². The second-order valence-electron chi connectivity index (χ2n) is 13.6. The number of carbonyl (C=O) groups is 2. The number of carboxylic acid groups (broad SMARTS) is 2. The van der Waals surface area contributed by atoms with E-state index in [1.165, 1.54) is 181 Å². The molecule has 0 bridgehead atoms. The Balaban J connectivity index is -0.000000689. The molecule has 4 N–H and O–H groups in total. The molecule has 0 amide bonds. The van der Waals surface area contributed by atoms with Gasteiger partial charge in [-0.15, -0.1) is 0 Å². The quantitative estimate of drug-likeness (QED) is 0.0235. The van der Waals surface area contributed by atoms with Crippen molar-refractivity contribution in [2.75, 3.05) is 0 Å². The Morgan fingerprint density at radius 2 is 0.521 bits per heavy atom. The summed E-state index contributed by atoms with van der Waals surface area (Å²) in [4.78, 5) is 20.7. The van der Waals surface area contributed by atoms with Crippen LogP contribution in [0.5, 0.6) is 0 Å². The van der Waals surface area contributed by atoms with Crippen LogP contribution in [0, 0.1) is 0 Å². The van der Waals surface area contributed by atoms with Crippen molar-refractivity contribution in [2.45, 2.75) is 233 Å². The molecule has 0 aliphatic carbocycles. The number of rotatable bonds is 33. The molecule has 0 radical (unpaired) electrons. The first kappa shape index (κ1) is 50.3. The summed E-state index contributed by atoms with van der Waals surface area (Å²) in [7, 11) is 0. The third kappa shape index (κ3) is 50.7. The predicted molar refractivity (Wildman–Crippen MR) is 204 cm³/mol. The fourth-order valence-corrected chi connectivity index (χ4v) is 5.44. The van der Waals surface area contributed by atoms with Gasteiger partial charge in [-0.1, -0.05) is 204 Å². The highest BCUT2D eigenvalue weighted by molar-refractivity contribution is 6.40. The molecule has 0 saturated carbocycles. The zero-order chi connectivity index (χ0) is 36.4. The number of hydrogen-bond acceptors (Lipinski definition) is 6. The Hall–Kier alpha value is -2.12. The van der Waals surface area contributed by atoms with Gasteiger partial charge in [-0.2, -0.15) is 0 Å². The molecule has 0 unspecified atom stereocenters. The van der Waals surface area contributed by atoms with Crippen LogP contribution < -0.4 is 0 Å². The molecule has 0 fully saturated rings. The summed E-state index contributed by atoms with van der Waals surface area (Å²) in [5.41, 5.74) is 0.625. The van der Waals surface area contributed by atoms with Crippen LogP contribution in [0.1, 0.15) is 233 Å². The standard InChI is InChI=1S/2C18H36O2.C4H8N2O2/c2*1-2-3-4-5-6-7-8-9-10-11-12-13-14-15-16-17-18(19)20;1-3(5-7)4(2)6-8/h2*2-17H2,1H3,(H,19,20);7-8H,1-2H3. The van der Waals surface area contributed by atoms with Gasteiger partial charge in [0.2, 0.25) is 0 Å². The first-order chi connectivity index (χ1) is 23.3. The second-order valence-corrected chi connectivity index (χ2v) is 13.6. The van der Waals surface area contributed by atoms with Crippen LogP contribution in [0.15, 0.2) is 10.3 Å². The van der Waals surface area contributed by atoms with E-state index in [4.69, 9.17) is 20.6 Å². The molecule has 0 aliphatic heterocycles. The first-order valence-electron chi connectivity index (χ1n) is 20.1. The van der Waals surface area contributed by atoms with Gasteiger partial charge in [0, 0.05) is 12.8 Å². The van der Waals surface area contributed by atoms with Gasteiger partial charge in [-0.05, 0) is 26.7 Å². The maximum atomic E-state index is 10.3. The van der Waals surface area contributed by atoms with E-state index < -0.39 is 11.9 Å². The number of oxime groups is 2. The molecule has 8 heteroatoms. The number of hydrogen-bond donors (Lipinski definition) is 4. The molecule has 0 atom stereocenters. The number of unbranched alkanes of at least 4 members (excludes halogenated alkanes) is 28. The highest BCUT2D eigenvalue weighted by atomic mass is 16.4. The maximum Gasteiger partial charge on any atom is 0.303 e. The minimum Gasteiger partial charge on any atom is -0.481 e. The minimum absolute atomic E-state index is 0.313. The van der Waals surface area contributed by atoms with E-state index in [1.807, 2.05) is 0 Å². The number of aliphatic carboxylic acids is 2. The van der Waals surface area contributed by atoms with Crippen LogP contribution in [0.3, 0.4) is 0 Å². The molecular weight excluding hydrogens is 604 g/mol. The van der Waals surface area contributed by atoms with E-state index in [1.54, 1.807) is 0 Å². The predicted octanol–water partition coefficient (Wildman–Crippen LogP) is 13.4. The van der Waals surface area contributed by atoms with Gasteiger partial charge in [0.15, 0.2) is 0 Å². The summed E-state index contributed by atoms with van der Waals surface area (Å²) >= 11 is 0. The topological polar surface area (TPSA) is 140 Å². The van der Waals surface area contributed by atoms with Crippen LogP contribution in [0.25, 0.3) is 0 Å².